The van der Waals surface area contributed by atoms with Gasteiger partial charge in [0.05, 0.1) is 5.69 Å². The summed E-state index contributed by atoms with van der Waals surface area (Å²) in [6.07, 6.45) is 1.17. The van der Waals surface area contributed by atoms with Crippen LogP contribution in [0.15, 0.2) is 103 Å². The van der Waals surface area contributed by atoms with Gasteiger partial charge in [0.1, 0.15) is 12.1 Å². The molecule has 0 bridgehead atoms. The first kappa shape index (κ1) is 25.8. The van der Waals surface area contributed by atoms with E-state index in [1.54, 1.807) is 29.2 Å². The normalized spacial score (nSPS) is 17.8. The number of hydrogen-bond donors (Lipinski definition) is 2. The van der Waals surface area contributed by atoms with Crippen molar-refractivity contribution in [1.82, 2.24) is 15.2 Å². The molecule has 7 heteroatoms. The number of rotatable bonds is 6. The number of benzene rings is 4. The summed E-state index contributed by atoms with van der Waals surface area (Å²) in [5.74, 6) is -0.452. The van der Waals surface area contributed by atoms with Gasteiger partial charge in [-0.1, -0.05) is 78.4 Å². The molecule has 5 aromatic rings. The standard InChI is InChI=1S/C35H30N4O3/c1-22-11-13-24(14-12-22)32-31-28(27-9-5-6-10-29(27)37-31)21-30-34(41)38(35(42)39(30)32)26-17-15-25(16-18-26)33(40)36-20-19-23-7-3-2-4-8-23/h2-18,30,32,37H,19-21H2,1H3,(H,36,40)/t30-,32-/m0/s1. The predicted octanol–water partition coefficient (Wildman–Crippen LogP) is 5.93. The van der Waals surface area contributed by atoms with E-state index in [1.165, 1.54) is 4.90 Å². The van der Waals surface area contributed by atoms with E-state index in [0.717, 1.165) is 45.3 Å². The molecule has 1 saturated heterocycles. The van der Waals surface area contributed by atoms with Gasteiger partial charge in [0.15, 0.2) is 0 Å². The molecule has 2 atom stereocenters. The van der Waals surface area contributed by atoms with Crippen LogP contribution in [0.25, 0.3) is 10.9 Å². The molecule has 4 amide bonds. The molecule has 0 unspecified atom stereocenters. The van der Waals surface area contributed by atoms with Gasteiger partial charge in [-0.3, -0.25) is 14.5 Å². The minimum Gasteiger partial charge on any atom is -0.356 e. The van der Waals surface area contributed by atoms with Crippen molar-refractivity contribution in [1.29, 1.82) is 0 Å². The van der Waals surface area contributed by atoms with Crippen molar-refractivity contribution in [2.24, 2.45) is 0 Å². The maximum atomic E-state index is 14.1. The predicted molar refractivity (Wildman–Crippen MR) is 162 cm³/mol. The van der Waals surface area contributed by atoms with Crippen LogP contribution < -0.4 is 10.2 Å². The Morgan fingerprint density at radius 3 is 2.36 bits per heavy atom. The number of para-hydroxylation sites is 1. The van der Waals surface area contributed by atoms with E-state index in [2.05, 4.69) is 16.4 Å². The van der Waals surface area contributed by atoms with Gasteiger partial charge in [0.2, 0.25) is 0 Å². The van der Waals surface area contributed by atoms with Crippen LogP contribution in [0, 0.1) is 6.92 Å². The van der Waals surface area contributed by atoms with Gasteiger partial charge in [-0.25, -0.2) is 9.69 Å². The fraction of sp³-hybridized carbons (Fsp3) is 0.171. The molecule has 3 heterocycles. The summed E-state index contributed by atoms with van der Waals surface area (Å²) in [7, 11) is 0. The molecule has 7 rings (SSSR count). The van der Waals surface area contributed by atoms with E-state index in [1.807, 2.05) is 79.7 Å². The van der Waals surface area contributed by atoms with Crippen molar-refractivity contribution < 1.29 is 14.4 Å². The second-order valence-corrected chi connectivity index (χ2v) is 11.0. The minimum absolute atomic E-state index is 0.196. The summed E-state index contributed by atoms with van der Waals surface area (Å²) in [5.41, 5.74) is 7.17. The summed E-state index contributed by atoms with van der Waals surface area (Å²) in [6, 6.07) is 31.4. The number of imide groups is 1. The lowest BCUT2D eigenvalue weighted by atomic mass is 9.88. The number of hydrogen-bond acceptors (Lipinski definition) is 3. The summed E-state index contributed by atoms with van der Waals surface area (Å²) in [5, 5.41) is 4.02. The number of carbonyl (C=O) groups is 3. The maximum absolute atomic E-state index is 14.1. The van der Waals surface area contributed by atoms with Gasteiger partial charge in [0.25, 0.3) is 11.8 Å². The van der Waals surface area contributed by atoms with Gasteiger partial charge < -0.3 is 10.3 Å². The Kier molecular flexibility index (Phi) is 6.35. The van der Waals surface area contributed by atoms with Crippen molar-refractivity contribution >= 4 is 34.4 Å². The summed E-state index contributed by atoms with van der Waals surface area (Å²) >= 11 is 0. The highest BCUT2D eigenvalue weighted by molar-refractivity contribution is 6.22. The zero-order valence-electron chi connectivity index (χ0n) is 23.2. The molecule has 2 aliphatic rings. The zero-order valence-corrected chi connectivity index (χ0v) is 23.2. The Morgan fingerprint density at radius 1 is 0.881 bits per heavy atom. The van der Waals surface area contributed by atoms with Crippen LogP contribution in [0.4, 0.5) is 10.5 Å². The average Bonchev–Trinajstić information content (AvgIpc) is 3.51. The number of amides is 4. The quantitative estimate of drug-likeness (QED) is 0.255. The largest absolute Gasteiger partial charge is 0.356 e. The Morgan fingerprint density at radius 2 is 1.60 bits per heavy atom. The maximum Gasteiger partial charge on any atom is 0.332 e. The van der Waals surface area contributed by atoms with Crippen molar-refractivity contribution in [2.75, 3.05) is 11.4 Å². The summed E-state index contributed by atoms with van der Waals surface area (Å²) in [4.78, 5) is 47.3. The number of aromatic amines is 1. The number of nitrogens with one attached hydrogen (secondary N) is 2. The number of anilines is 1. The van der Waals surface area contributed by atoms with E-state index in [9.17, 15) is 14.4 Å². The first-order chi connectivity index (χ1) is 20.5. The van der Waals surface area contributed by atoms with Crippen molar-refractivity contribution in [2.45, 2.75) is 31.8 Å². The topological polar surface area (TPSA) is 85.5 Å². The smallest absolute Gasteiger partial charge is 0.332 e. The third kappa shape index (κ3) is 4.34. The van der Waals surface area contributed by atoms with E-state index < -0.39 is 12.1 Å². The molecule has 1 fully saturated rings. The Bertz CT molecular complexity index is 1810. The molecule has 1 aromatic heterocycles. The van der Waals surface area contributed by atoms with Gasteiger partial charge in [-0.2, -0.15) is 0 Å². The van der Waals surface area contributed by atoms with Crippen molar-refractivity contribution in [3.05, 3.63) is 137 Å². The molecule has 4 aromatic carbocycles. The number of aryl methyl sites for hydroxylation is 1. The lowest BCUT2D eigenvalue weighted by molar-refractivity contribution is -0.120. The molecule has 42 heavy (non-hydrogen) atoms. The fourth-order valence-corrected chi connectivity index (χ4v) is 6.24. The second-order valence-electron chi connectivity index (χ2n) is 11.0. The SMILES string of the molecule is Cc1ccc([C@H]2c3[nH]c4ccccc4c3C[C@H]3C(=O)N(c4ccc(C(=O)NCCc5ccccc5)cc4)C(=O)N23)cc1. The number of nitrogens with zero attached hydrogens (tertiary/aromatic N) is 2. The summed E-state index contributed by atoms with van der Waals surface area (Å²) < 4.78 is 0. The van der Waals surface area contributed by atoms with Crippen LogP contribution in [-0.4, -0.2) is 40.3 Å². The number of H-pyrrole nitrogens is 1. The molecule has 0 saturated carbocycles. The number of aromatic nitrogens is 1. The van der Waals surface area contributed by atoms with Gasteiger partial charge >= 0.3 is 6.03 Å². The fourth-order valence-electron chi connectivity index (χ4n) is 6.24. The molecule has 0 radical (unpaired) electrons. The van der Waals surface area contributed by atoms with E-state index in [0.29, 0.717) is 24.2 Å². The number of carbonyl (C=O) groups excluding carboxylic acids is 3. The second kappa shape index (κ2) is 10.3. The lowest BCUT2D eigenvalue weighted by Gasteiger charge is -2.36. The summed E-state index contributed by atoms with van der Waals surface area (Å²) in [6.45, 7) is 2.54. The van der Waals surface area contributed by atoms with Gasteiger partial charge in [0, 0.05) is 35.1 Å². The van der Waals surface area contributed by atoms with Crippen LogP contribution in [-0.2, 0) is 17.6 Å². The van der Waals surface area contributed by atoms with Crippen molar-refractivity contribution in [3.8, 4) is 0 Å². The molecule has 0 aliphatic carbocycles. The number of urea groups is 1. The first-order valence-electron chi connectivity index (χ1n) is 14.2. The van der Waals surface area contributed by atoms with E-state index >= 15 is 0 Å². The van der Waals surface area contributed by atoms with Crippen LogP contribution in [0.1, 0.15) is 44.3 Å². The molecule has 2 N–H and O–H groups in total. The Hall–Kier alpha value is -5.17. The monoisotopic (exact) mass is 554 g/mol. The lowest BCUT2D eigenvalue weighted by Crippen LogP contribution is -2.44. The zero-order chi connectivity index (χ0) is 28.8. The van der Waals surface area contributed by atoms with Gasteiger partial charge in [-0.05, 0) is 60.4 Å². The number of fused-ring (bicyclic) bond motifs is 4. The van der Waals surface area contributed by atoms with Crippen LogP contribution in [0.2, 0.25) is 0 Å². The van der Waals surface area contributed by atoms with Crippen LogP contribution >= 0.6 is 0 Å². The molecular weight excluding hydrogens is 524 g/mol. The van der Waals surface area contributed by atoms with E-state index in [4.69, 9.17) is 0 Å². The highest BCUT2D eigenvalue weighted by Gasteiger charge is 2.53. The minimum atomic E-state index is -0.628. The van der Waals surface area contributed by atoms with E-state index in [-0.39, 0.29) is 17.8 Å². The van der Waals surface area contributed by atoms with Crippen LogP contribution in [0.3, 0.4) is 0 Å². The Balaban J connectivity index is 1.17. The molecule has 208 valence electrons. The third-order valence-electron chi connectivity index (χ3n) is 8.37. The first-order valence-corrected chi connectivity index (χ1v) is 14.2. The van der Waals surface area contributed by atoms with Gasteiger partial charge in [-0.15, -0.1) is 0 Å². The van der Waals surface area contributed by atoms with Crippen molar-refractivity contribution in [3.63, 3.8) is 0 Å². The third-order valence-corrected chi connectivity index (χ3v) is 8.37. The molecule has 7 nitrogen and oxygen atoms in total. The molecular formula is C35H30N4O3. The highest BCUT2D eigenvalue weighted by Crippen LogP contribution is 2.44. The Labute approximate surface area is 243 Å². The van der Waals surface area contributed by atoms with Crippen LogP contribution in [0.5, 0.6) is 0 Å². The molecule has 0 spiro atoms. The average molecular weight is 555 g/mol. The molecule has 2 aliphatic heterocycles. The highest BCUT2D eigenvalue weighted by atomic mass is 16.2.